The average molecular weight is 381 g/mol. The number of piperidine rings is 1. The van der Waals surface area contributed by atoms with Gasteiger partial charge in [0.05, 0.1) is 6.61 Å². The molecule has 0 atom stereocenters. The van der Waals surface area contributed by atoms with Crippen LogP contribution in [-0.2, 0) is 16.1 Å². The molecule has 1 aliphatic heterocycles. The van der Waals surface area contributed by atoms with Gasteiger partial charge in [0.1, 0.15) is 5.75 Å². The Morgan fingerprint density at radius 2 is 1.68 bits per heavy atom. The first-order valence-corrected chi connectivity index (χ1v) is 9.75. The quantitative estimate of drug-likeness (QED) is 0.755. The number of ether oxygens (including phenoxy) is 1. The van der Waals surface area contributed by atoms with Crippen molar-refractivity contribution < 1.29 is 14.3 Å². The third-order valence-corrected chi connectivity index (χ3v) is 4.80. The van der Waals surface area contributed by atoms with Crippen LogP contribution in [0.25, 0.3) is 0 Å². The van der Waals surface area contributed by atoms with Crippen molar-refractivity contribution in [3.63, 3.8) is 0 Å². The molecule has 0 bridgehead atoms. The fraction of sp³-hybridized carbons (Fsp3) is 0.364. The molecule has 0 radical (unpaired) electrons. The van der Waals surface area contributed by atoms with Gasteiger partial charge < -0.3 is 15.4 Å². The molecule has 0 aliphatic carbocycles. The van der Waals surface area contributed by atoms with E-state index < -0.39 is 11.8 Å². The Kier molecular flexibility index (Phi) is 7.03. The van der Waals surface area contributed by atoms with E-state index in [2.05, 4.69) is 27.7 Å². The minimum Gasteiger partial charge on any atom is -0.494 e. The fourth-order valence-electron chi connectivity index (χ4n) is 3.32. The molecule has 2 aromatic rings. The van der Waals surface area contributed by atoms with Crippen molar-refractivity contribution in [2.45, 2.75) is 32.4 Å². The summed E-state index contributed by atoms with van der Waals surface area (Å²) < 4.78 is 5.36. The number of carbonyl (C=O) groups excluding carboxylic acids is 2. The lowest BCUT2D eigenvalue weighted by Crippen LogP contribution is -2.47. The van der Waals surface area contributed by atoms with Crippen LogP contribution >= 0.6 is 0 Å². The van der Waals surface area contributed by atoms with E-state index in [1.165, 1.54) is 5.56 Å². The van der Waals surface area contributed by atoms with Crippen molar-refractivity contribution in [1.29, 1.82) is 0 Å². The summed E-state index contributed by atoms with van der Waals surface area (Å²) in [5, 5.41) is 5.48. The molecule has 2 aromatic carbocycles. The molecule has 6 heteroatoms. The van der Waals surface area contributed by atoms with Crippen LogP contribution in [0.4, 0.5) is 5.69 Å². The molecule has 2 amide bonds. The zero-order valence-electron chi connectivity index (χ0n) is 16.2. The minimum absolute atomic E-state index is 0.0330. The number of nitrogens with zero attached hydrogens (tertiary/aromatic N) is 1. The number of amides is 2. The van der Waals surface area contributed by atoms with E-state index in [9.17, 15) is 9.59 Å². The average Bonchev–Trinajstić information content (AvgIpc) is 2.72. The highest BCUT2D eigenvalue weighted by molar-refractivity contribution is 6.39. The summed E-state index contributed by atoms with van der Waals surface area (Å²) in [6.07, 6.45) is 1.68. The molecule has 0 spiro atoms. The molecule has 0 unspecified atom stereocenters. The highest BCUT2D eigenvalue weighted by atomic mass is 16.5. The van der Waals surface area contributed by atoms with Gasteiger partial charge in [-0.25, -0.2) is 0 Å². The van der Waals surface area contributed by atoms with Crippen molar-refractivity contribution in [2.75, 3.05) is 25.0 Å². The van der Waals surface area contributed by atoms with Gasteiger partial charge in [-0.05, 0) is 49.6 Å². The summed E-state index contributed by atoms with van der Waals surface area (Å²) in [4.78, 5) is 26.7. The van der Waals surface area contributed by atoms with Gasteiger partial charge in [0.25, 0.3) is 0 Å². The summed E-state index contributed by atoms with van der Waals surface area (Å²) in [7, 11) is 0. The van der Waals surface area contributed by atoms with Crippen LogP contribution in [0.15, 0.2) is 54.6 Å². The molecule has 1 saturated heterocycles. The Morgan fingerprint density at radius 1 is 1.00 bits per heavy atom. The second-order valence-electron chi connectivity index (χ2n) is 6.92. The normalized spacial score (nSPS) is 15.0. The maximum atomic E-state index is 12.2. The summed E-state index contributed by atoms with van der Waals surface area (Å²) in [5.41, 5.74) is 1.86. The molecule has 6 nitrogen and oxygen atoms in total. The van der Waals surface area contributed by atoms with Crippen molar-refractivity contribution >= 4 is 17.5 Å². The fourth-order valence-corrected chi connectivity index (χ4v) is 3.32. The molecule has 1 fully saturated rings. The number of likely N-dealkylation sites (tertiary alicyclic amines) is 1. The van der Waals surface area contributed by atoms with E-state index in [1.807, 2.05) is 25.1 Å². The first kappa shape index (κ1) is 19.9. The van der Waals surface area contributed by atoms with Gasteiger partial charge >= 0.3 is 11.8 Å². The standard InChI is InChI=1S/C22H27N3O3/c1-2-28-20-10-8-18(9-11-20)23-21(26)22(27)24-19-12-14-25(15-13-19)16-17-6-4-3-5-7-17/h3-11,19H,2,12-16H2,1H3,(H,23,26)(H,24,27). The Morgan fingerprint density at radius 3 is 2.32 bits per heavy atom. The lowest BCUT2D eigenvalue weighted by atomic mass is 10.0. The summed E-state index contributed by atoms with van der Waals surface area (Å²) in [6, 6.07) is 17.4. The van der Waals surface area contributed by atoms with Crippen LogP contribution in [0.2, 0.25) is 0 Å². The lowest BCUT2D eigenvalue weighted by molar-refractivity contribution is -0.136. The smallest absolute Gasteiger partial charge is 0.313 e. The number of hydrogen-bond acceptors (Lipinski definition) is 4. The molecule has 28 heavy (non-hydrogen) atoms. The van der Waals surface area contributed by atoms with E-state index in [-0.39, 0.29) is 6.04 Å². The van der Waals surface area contributed by atoms with Crippen LogP contribution in [0, 0.1) is 0 Å². The summed E-state index contributed by atoms with van der Waals surface area (Å²) >= 11 is 0. The second-order valence-corrected chi connectivity index (χ2v) is 6.92. The van der Waals surface area contributed by atoms with Crippen molar-refractivity contribution in [1.82, 2.24) is 10.2 Å². The molecule has 1 heterocycles. The van der Waals surface area contributed by atoms with Gasteiger partial charge in [0.15, 0.2) is 0 Å². The lowest BCUT2D eigenvalue weighted by Gasteiger charge is -2.32. The van der Waals surface area contributed by atoms with Crippen LogP contribution in [-0.4, -0.2) is 42.5 Å². The summed E-state index contributed by atoms with van der Waals surface area (Å²) in [5.74, 6) is -0.501. The molecular formula is C22H27N3O3. The van der Waals surface area contributed by atoms with Crippen LogP contribution in [0.3, 0.4) is 0 Å². The highest BCUT2D eigenvalue weighted by Gasteiger charge is 2.23. The van der Waals surface area contributed by atoms with Crippen LogP contribution in [0.5, 0.6) is 5.75 Å². The number of carbonyl (C=O) groups is 2. The van der Waals surface area contributed by atoms with E-state index >= 15 is 0 Å². The molecule has 2 N–H and O–H groups in total. The zero-order valence-corrected chi connectivity index (χ0v) is 16.2. The minimum atomic E-state index is -0.643. The third-order valence-electron chi connectivity index (χ3n) is 4.80. The molecular weight excluding hydrogens is 354 g/mol. The number of nitrogens with one attached hydrogen (secondary N) is 2. The zero-order chi connectivity index (χ0) is 19.8. The maximum Gasteiger partial charge on any atom is 0.313 e. The molecule has 1 aliphatic rings. The number of rotatable bonds is 6. The second kappa shape index (κ2) is 9.90. The maximum absolute atomic E-state index is 12.2. The Bertz CT molecular complexity index is 769. The topological polar surface area (TPSA) is 70.7 Å². The number of hydrogen-bond donors (Lipinski definition) is 2. The SMILES string of the molecule is CCOc1ccc(NC(=O)C(=O)NC2CCN(Cc3ccccc3)CC2)cc1. The Labute approximate surface area is 165 Å². The van der Waals surface area contributed by atoms with E-state index in [4.69, 9.17) is 4.74 Å². The van der Waals surface area contributed by atoms with Crippen LogP contribution in [0.1, 0.15) is 25.3 Å². The highest BCUT2D eigenvalue weighted by Crippen LogP contribution is 2.16. The van der Waals surface area contributed by atoms with Crippen molar-refractivity contribution in [2.24, 2.45) is 0 Å². The monoisotopic (exact) mass is 381 g/mol. The van der Waals surface area contributed by atoms with Gasteiger partial charge in [-0.2, -0.15) is 0 Å². The molecule has 148 valence electrons. The number of benzene rings is 2. The van der Waals surface area contributed by atoms with Gasteiger partial charge in [0, 0.05) is 31.4 Å². The van der Waals surface area contributed by atoms with E-state index in [0.717, 1.165) is 38.2 Å². The van der Waals surface area contributed by atoms with E-state index in [1.54, 1.807) is 24.3 Å². The largest absolute Gasteiger partial charge is 0.494 e. The van der Waals surface area contributed by atoms with Crippen LogP contribution < -0.4 is 15.4 Å². The first-order chi connectivity index (χ1) is 13.6. The molecule has 3 rings (SSSR count). The van der Waals surface area contributed by atoms with E-state index in [0.29, 0.717) is 12.3 Å². The first-order valence-electron chi connectivity index (χ1n) is 9.75. The predicted molar refractivity (Wildman–Crippen MR) is 109 cm³/mol. The number of anilines is 1. The van der Waals surface area contributed by atoms with Gasteiger partial charge in [-0.15, -0.1) is 0 Å². The van der Waals surface area contributed by atoms with Crippen molar-refractivity contribution in [3.05, 3.63) is 60.2 Å². The van der Waals surface area contributed by atoms with Gasteiger partial charge in [-0.3, -0.25) is 14.5 Å². The van der Waals surface area contributed by atoms with Crippen molar-refractivity contribution in [3.8, 4) is 5.75 Å². The molecule has 0 saturated carbocycles. The predicted octanol–water partition coefficient (Wildman–Crippen LogP) is 2.80. The van der Waals surface area contributed by atoms with Gasteiger partial charge in [0.2, 0.25) is 0 Å². The third kappa shape index (κ3) is 5.82. The Balaban J connectivity index is 1.41. The Hall–Kier alpha value is -2.86. The molecule has 0 aromatic heterocycles. The summed E-state index contributed by atoms with van der Waals surface area (Å²) in [6.45, 7) is 5.21. The van der Waals surface area contributed by atoms with Gasteiger partial charge in [-0.1, -0.05) is 30.3 Å².